The minimum absolute atomic E-state index is 0.0251. The number of unbranched alkanes of at least 4 members (excludes halogenated alkanes) is 20. The third-order valence-electron chi connectivity index (χ3n) is 10.3. The van der Waals surface area contributed by atoms with Gasteiger partial charge in [-0.05, 0) is 83.5 Å². The monoisotopic (exact) mass is 879 g/mol. The SMILES string of the molecule is CCCCC/C=C\C/C=C\C/C=C\CCCCCCCCC(=O)OC(COC(=O)CCCCCCCCC/C=C\C/C=C\CCCCCC)COP(=O)(O)OCC[N+](C)(C)C. The van der Waals surface area contributed by atoms with Gasteiger partial charge in [0.15, 0.2) is 6.10 Å². The van der Waals surface area contributed by atoms with Crippen LogP contribution in [0.2, 0.25) is 0 Å². The number of rotatable bonds is 44. The van der Waals surface area contributed by atoms with Crippen molar-refractivity contribution in [3.8, 4) is 0 Å². The Labute approximate surface area is 375 Å². The van der Waals surface area contributed by atoms with Crippen molar-refractivity contribution >= 4 is 19.8 Å². The molecule has 0 amide bonds. The molecule has 0 saturated heterocycles. The van der Waals surface area contributed by atoms with Crippen LogP contribution >= 0.6 is 7.82 Å². The van der Waals surface area contributed by atoms with Crippen LogP contribution in [0.3, 0.4) is 0 Å². The summed E-state index contributed by atoms with van der Waals surface area (Å²) in [5.41, 5.74) is 0. The second kappa shape index (κ2) is 43.0. The summed E-state index contributed by atoms with van der Waals surface area (Å²) in [4.78, 5) is 35.5. The molecule has 0 heterocycles. The van der Waals surface area contributed by atoms with E-state index in [0.717, 1.165) is 89.9 Å². The van der Waals surface area contributed by atoms with Gasteiger partial charge in [0, 0.05) is 12.8 Å². The molecule has 354 valence electrons. The van der Waals surface area contributed by atoms with Crippen molar-refractivity contribution in [1.82, 2.24) is 0 Å². The molecule has 10 heteroatoms. The number of likely N-dealkylation sites (N-methyl/N-ethyl adjacent to an activating group) is 1. The second-order valence-electron chi connectivity index (χ2n) is 17.5. The lowest BCUT2D eigenvalue weighted by molar-refractivity contribution is -0.870. The highest BCUT2D eigenvalue weighted by Gasteiger charge is 2.27. The van der Waals surface area contributed by atoms with Gasteiger partial charge < -0.3 is 18.9 Å². The topological polar surface area (TPSA) is 108 Å². The fourth-order valence-corrected chi connectivity index (χ4v) is 7.14. The van der Waals surface area contributed by atoms with Crippen LogP contribution in [-0.2, 0) is 32.7 Å². The zero-order valence-electron chi connectivity index (χ0n) is 39.9. The van der Waals surface area contributed by atoms with Gasteiger partial charge in [-0.25, -0.2) is 4.57 Å². The minimum atomic E-state index is -4.39. The van der Waals surface area contributed by atoms with Gasteiger partial charge in [-0.2, -0.15) is 0 Å². The lowest BCUT2D eigenvalue weighted by Crippen LogP contribution is -2.37. The third-order valence-corrected chi connectivity index (χ3v) is 11.3. The number of nitrogens with zero attached hydrogens (tertiary/aromatic N) is 1. The van der Waals surface area contributed by atoms with E-state index in [4.69, 9.17) is 18.5 Å². The van der Waals surface area contributed by atoms with Crippen LogP contribution in [0.15, 0.2) is 60.8 Å². The number of allylic oxidation sites excluding steroid dienone is 10. The first-order valence-electron chi connectivity index (χ1n) is 24.5. The van der Waals surface area contributed by atoms with E-state index in [1.165, 1.54) is 77.0 Å². The van der Waals surface area contributed by atoms with Gasteiger partial charge in [-0.3, -0.25) is 18.6 Å². The minimum Gasteiger partial charge on any atom is -0.462 e. The summed E-state index contributed by atoms with van der Waals surface area (Å²) in [5.74, 6) is -0.823. The van der Waals surface area contributed by atoms with Crippen molar-refractivity contribution in [2.24, 2.45) is 0 Å². The molecule has 0 fully saturated rings. The van der Waals surface area contributed by atoms with E-state index in [0.29, 0.717) is 17.4 Å². The van der Waals surface area contributed by atoms with E-state index < -0.39 is 26.5 Å². The first-order chi connectivity index (χ1) is 29.5. The zero-order valence-corrected chi connectivity index (χ0v) is 40.8. The summed E-state index contributed by atoms with van der Waals surface area (Å²) in [7, 11) is 1.46. The molecule has 9 nitrogen and oxygen atoms in total. The predicted molar refractivity (Wildman–Crippen MR) is 256 cm³/mol. The van der Waals surface area contributed by atoms with Crippen LogP contribution in [0.5, 0.6) is 0 Å². The van der Waals surface area contributed by atoms with Crippen LogP contribution in [0.4, 0.5) is 0 Å². The Hall–Kier alpha value is -2.29. The lowest BCUT2D eigenvalue weighted by Gasteiger charge is -2.24. The number of ether oxygens (including phenoxy) is 2. The fourth-order valence-electron chi connectivity index (χ4n) is 6.40. The van der Waals surface area contributed by atoms with E-state index in [2.05, 4.69) is 74.6 Å². The standard InChI is InChI=1S/C51H92NO8P/c1-6-8-10-12-14-16-18-20-22-24-26-28-30-32-34-36-38-40-42-44-51(54)60-49(48-59-61(55,56)58-46-45-52(3,4)5)47-57-50(53)43-41-39-37-35-33-31-29-27-25-23-21-19-17-15-13-11-9-7-2/h14,16-17,19-20,22-23,25-26,28,49H,6-13,15,18,21,24,27,29-48H2,1-5H3/p+1/b16-14-,19-17-,22-20-,25-23-,28-26-. The molecule has 0 aliphatic carbocycles. The molecule has 0 saturated carbocycles. The van der Waals surface area contributed by atoms with Crippen molar-refractivity contribution in [3.63, 3.8) is 0 Å². The molecule has 0 bridgehead atoms. The van der Waals surface area contributed by atoms with E-state index in [9.17, 15) is 19.0 Å². The van der Waals surface area contributed by atoms with E-state index in [-0.39, 0.29) is 32.0 Å². The fraction of sp³-hybridized carbons (Fsp3) is 0.765. The number of quaternary nitrogens is 1. The maximum atomic E-state index is 12.7. The Morgan fingerprint density at radius 2 is 0.885 bits per heavy atom. The first-order valence-corrected chi connectivity index (χ1v) is 26.0. The van der Waals surface area contributed by atoms with Crippen LogP contribution in [0, 0.1) is 0 Å². The number of hydrogen-bond donors (Lipinski definition) is 1. The highest BCUT2D eigenvalue weighted by molar-refractivity contribution is 7.47. The van der Waals surface area contributed by atoms with Gasteiger partial charge in [0.25, 0.3) is 0 Å². The molecule has 2 atom stereocenters. The Bertz CT molecular complexity index is 1220. The lowest BCUT2D eigenvalue weighted by atomic mass is 10.1. The zero-order chi connectivity index (χ0) is 45.0. The molecule has 0 aromatic heterocycles. The van der Waals surface area contributed by atoms with Crippen molar-refractivity contribution in [2.75, 3.05) is 47.5 Å². The maximum absolute atomic E-state index is 12.7. The van der Waals surface area contributed by atoms with Crippen molar-refractivity contribution in [3.05, 3.63) is 60.8 Å². The maximum Gasteiger partial charge on any atom is 0.472 e. The number of carbonyl (C=O) groups excluding carboxylic acids is 2. The molecular weight excluding hydrogens is 786 g/mol. The van der Waals surface area contributed by atoms with Crippen molar-refractivity contribution in [1.29, 1.82) is 0 Å². The largest absolute Gasteiger partial charge is 0.472 e. The number of carbonyl (C=O) groups is 2. The average Bonchev–Trinajstić information content (AvgIpc) is 3.21. The summed E-state index contributed by atoms with van der Waals surface area (Å²) in [6.45, 7) is 4.36. The third kappa shape index (κ3) is 47.0. The number of hydrogen-bond acceptors (Lipinski definition) is 7. The molecule has 0 aliphatic rings. The second-order valence-corrected chi connectivity index (χ2v) is 18.9. The number of esters is 2. The highest BCUT2D eigenvalue weighted by Crippen LogP contribution is 2.43. The van der Waals surface area contributed by atoms with Gasteiger partial charge in [0.05, 0.1) is 27.7 Å². The molecule has 61 heavy (non-hydrogen) atoms. The van der Waals surface area contributed by atoms with Crippen LogP contribution in [-0.4, -0.2) is 74.9 Å². The Morgan fingerprint density at radius 3 is 1.34 bits per heavy atom. The van der Waals surface area contributed by atoms with Gasteiger partial charge >= 0.3 is 19.8 Å². The predicted octanol–water partition coefficient (Wildman–Crippen LogP) is 14.4. The van der Waals surface area contributed by atoms with Crippen LogP contribution in [0.1, 0.15) is 200 Å². The number of phosphoric acid groups is 1. The van der Waals surface area contributed by atoms with E-state index in [1.807, 2.05) is 21.1 Å². The molecular formula is C51H93NO8P+. The summed E-state index contributed by atoms with van der Waals surface area (Å²) in [5, 5.41) is 0. The highest BCUT2D eigenvalue weighted by atomic mass is 31.2. The molecule has 0 aromatic rings. The van der Waals surface area contributed by atoms with Crippen LogP contribution in [0.25, 0.3) is 0 Å². The first kappa shape index (κ1) is 58.7. The quantitative estimate of drug-likeness (QED) is 0.0212. The molecule has 0 rings (SSSR count). The van der Waals surface area contributed by atoms with Crippen molar-refractivity contribution < 1.29 is 42.1 Å². The average molecular weight is 879 g/mol. The molecule has 0 spiro atoms. The molecule has 2 unspecified atom stereocenters. The van der Waals surface area contributed by atoms with E-state index in [1.54, 1.807) is 0 Å². The van der Waals surface area contributed by atoms with Crippen LogP contribution < -0.4 is 0 Å². The van der Waals surface area contributed by atoms with E-state index >= 15 is 0 Å². The smallest absolute Gasteiger partial charge is 0.462 e. The Balaban J connectivity index is 4.34. The Kier molecular flexibility index (Phi) is 41.4. The van der Waals surface area contributed by atoms with Crippen molar-refractivity contribution in [2.45, 2.75) is 206 Å². The number of phosphoric ester groups is 1. The van der Waals surface area contributed by atoms with Gasteiger partial charge in [0.2, 0.25) is 0 Å². The van der Waals surface area contributed by atoms with Gasteiger partial charge in [0.1, 0.15) is 19.8 Å². The summed E-state index contributed by atoms with van der Waals surface area (Å²) >= 11 is 0. The molecule has 0 radical (unpaired) electrons. The molecule has 0 aromatic carbocycles. The van der Waals surface area contributed by atoms with Gasteiger partial charge in [-0.15, -0.1) is 0 Å². The normalized spacial score (nSPS) is 14.0. The summed E-state index contributed by atoms with van der Waals surface area (Å²) < 4.78 is 34.4. The Morgan fingerprint density at radius 1 is 0.508 bits per heavy atom. The molecule has 0 aliphatic heterocycles. The molecule has 1 N–H and O–H groups in total. The van der Waals surface area contributed by atoms with Gasteiger partial charge in [-0.1, -0.05) is 164 Å². The summed E-state index contributed by atoms with van der Waals surface area (Å²) in [6, 6.07) is 0. The summed E-state index contributed by atoms with van der Waals surface area (Å²) in [6.07, 6.45) is 52.6.